The minimum atomic E-state index is -11.2. The predicted octanol–water partition coefficient (Wildman–Crippen LogP) is 8.47. The second kappa shape index (κ2) is 8.83. The van der Waals surface area contributed by atoms with Crippen LogP contribution in [0.25, 0.3) is 21.5 Å². The molecule has 0 saturated heterocycles. The van der Waals surface area contributed by atoms with Crippen molar-refractivity contribution in [2.45, 2.75) is 18.4 Å². The van der Waals surface area contributed by atoms with E-state index in [1.165, 1.54) is 49.9 Å². The normalized spacial score (nSPS) is 14.0. The van der Waals surface area contributed by atoms with Crippen LogP contribution in [0.4, 0.5) is 16.9 Å². The van der Waals surface area contributed by atoms with E-state index in [0.29, 0.717) is 10.9 Å². The van der Waals surface area contributed by atoms with Gasteiger partial charge >= 0.3 is 36.4 Å². The van der Waals surface area contributed by atoms with E-state index in [0.717, 1.165) is 0 Å². The molecular weight excluding hydrogens is 556 g/mol. The molecule has 0 heterocycles. The maximum absolute atomic E-state index is 11.2. The van der Waals surface area contributed by atoms with Gasteiger partial charge in [-0.25, -0.2) is 0 Å². The second-order valence-electron chi connectivity index (χ2n) is 7.42. The summed E-state index contributed by atoms with van der Waals surface area (Å²) in [6.45, 7) is 2.33. The van der Waals surface area contributed by atoms with E-state index in [9.17, 15) is 16.9 Å². The van der Waals surface area contributed by atoms with Crippen LogP contribution in [-0.4, -0.2) is 25.2 Å². The summed E-state index contributed by atoms with van der Waals surface area (Å²) in [4.78, 5) is 0. The minimum absolute atomic E-state index is 0.355. The van der Waals surface area contributed by atoms with Crippen LogP contribution in [0.2, 0.25) is 0 Å². The number of hydrogen-bond donors (Lipinski definition) is 0. The Morgan fingerprint density at radius 1 is 0.562 bits per heavy atom. The van der Waals surface area contributed by atoms with Crippen LogP contribution < -0.4 is 0 Å². The van der Waals surface area contributed by atoms with Gasteiger partial charge in [-0.2, -0.15) is 0 Å². The molecule has 0 spiro atoms. The maximum atomic E-state index is 9.93. The average molecular weight is 579 g/mol. The molecule has 0 aliphatic rings. The second-order valence-corrected chi connectivity index (χ2v) is 15.3. The molecule has 0 atom stereocenters. The molecular formula is C24H23F6SSb. The first-order valence-corrected chi connectivity index (χ1v) is 17.5. The van der Waals surface area contributed by atoms with E-state index in [2.05, 4.69) is 91.9 Å². The zero-order valence-corrected chi connectivity index (χ0v) is 20.7. The van der Waals surface area contributed by atoms with Gasteiger partial charge in [-0.05, 0) is 39.4 Å². The van der Waals surface area contributed by atoms with Crippen LogP contribution >= 0.6 is 0 Å². The Hall–Kier alpha value is -1.85. The Morgan fingerprint density at radius 3 is 1.28 bits per heavy atom. The molecule has 8 heteroatoms. The molecule has 0 saturated carbocycles. The van der Waals surface area contributed by atoms with E-state index >= 15 is 0 Å². The molecule has 0 bridgehead atoms. The molecule has 0 fully saturated rings. The molecule has 0 aliphatic heterocycles. The predicted molar refractivity (Wildman–Crippen MR) is 126 cm³/mol. The summed E-state index contributed by atoms with van der Waals surface area (Å²) in [6.07, 6.45) is 0. The van der Waals surface area contributed by atoms with E-state index < -0.39 is 19.5 Å². The van der Waals surface area contributed by atoms with Crippen molar-refractivity contribution in [1.82, 2.24) is 0 Å². The molecule has 0 N–H and O–H groups in total. The fourth-order valence-corrected chi connectivity index (χ4v) is 5.43. The Balaban J connectivity index is 0.000000360. The summed E-state index contributed by atoms with van der Waals surface area (Å²) < 4.78 is 59.6. The van der Waals surface area contributed by atoms with Crippen molar-refractivity contribution in [3.8, 4) is 0 Å². The van der Waals surface area contributed by atoms with Crippen molar-refractivity contribution in [3.05, 3.63) is 96.1 Å². The van der Waals surface area contributed by atoms with Crippen LogP contribution in [0.5, 0.6) is 0 Å². The Kier molecular flexibility index (Phi) is 6.84. The fraction of sp³-hybridized carbons (Fsp3) is 0.167. The van der Waals surface area contributed by atoms with Crippen molar-refractivity contribution in [1.29, 1.82) is 0 Å². The number of halogens is 6. The van der Waals surface area contributed by atoms with Gasteiger partial charge in [0.05, 0.1) is 0 Å². The molecule has 0 nitrogen and oxygen atoms in total. The molecule has 0 amide bonds. The first kappa shape index (κ1) is 24.8. The molecule has 172 valence electrons. The number of hydrogen-bond acceptors (Lipinski definition) is 0. The van der Waals surface area contributed by atoms with Gasteiger partial charge in [-0.15, -0.1) is 0 Å². The fourth-order valence-electron chi connectivity index (χ4n) is 3.53. The third-order valence-electron chi connectivity index (χ3n) is 4.89. The van der Waals surface area contributed by atoms with Crippen molar-refractivity contribution in [2.75, 3.05) is 5.75 Å². The summed E-state index contributed by atoms with van der Waals surface area (Å²) in [6, 6.07) is 31.0. The van der Waals surface area contributed by atoms with E-state index in [-0.39, 0.29) is 0 Å². The van der Waals surface area contributed by atoms with Crippen molar-refractivity contribution < 1.29 is 16.9 Å². The summed E-state index contributed by atoms with van der Waals surface area (Å²) in [5.74, 6) is 3.56. The number of benzene rings is 4. The van der Waals surface area contributed by atoms with Crippen LogP contribution in [0, 0.1) is 0 Å². The van der Waals surface area contributed by atoms with Gasteiger partial charge in [0, 0.05) is 11.1 Å². The third-order valence-corrected chi connectivity index (χ3v) is 7.14. The van der Waals surface area contributed by atoms with Gasteiger partial charge in [0.1, 0.15) is 17.3 Å². The van der Waals surface area contributed by atoms with Crippen LogP contribution in [0.1, 0.15) is 18.1 Å². The van der Waals surface area contributed by atoms with Gasteiger partial charge in [0.2, 0.25) is 0 Å². The van der Waals surface area contributed by atoms with Crippen molar-refractivity contribution in [2.24, 2.45) is 0 Å². The molecule has 0 aromatic heterocycles. The molecule has 4 aromatic carbocycles. The van der Waals surface area contributed by atoms with Gasteiger partial charge in [0.25, 0.3) is 0 Å². The molecule has 4 rings (SSSR count). The van der Waals surface area contributed by atoms with Gasteiger partial charge in [-0.1, -0.05) is 84.9 Å². The van der Waals surface area contributed by atoms with Crippen LogP contribution in [0.3, 0.4) is 0 Å². The zero-order chi connectivity index (χ0) is 23.5. The van der Waals surface area contributed by atoms with Crippen LogP contribution in [-0.2, 0) is 22.4 Å². The van der Waals surface area contributed by atoms with Gasteiger partial charge in [-0.3, -0.25) is 0 Å². The van der Waals surface area contributed by atoms with E-state index in [1.54, 1.807) is 0 Å². The van der Waals surface area contributed by atoms with Crippen molar-refractivity contribution >= 4 is 51.9 Å². The van der Waals surface area contributed by atoms with Crippen LogP contribution in [0.15, 0.2) is 84.9 Å². The van der Waals surface area contributed by atoms with Gasteiger partial charge < -0.3 is 0 Å². The third kappa shape index (κ3) is 8.25. The van der Waals surface area contributed by atoms with Crippen molar-refractivity contribution in [3.63, 3.8) is 0 Å². The molecule has 0 radical (unpaired) electrons. The Morgan fingerprint density at radius 2 is 0.906 bits per heavy atom. The topological polar surface area (TPSA) is 0 Å². The average Bonchev–Trinajstić information content (AvgIpc) is 2.71. The molecule has 4 aromatic rings. The van der Waals surface area contributed by atoms with Gasteiger partial charge in [0.15, 0.2) is 0 Å². The monoisotopic (exact) mass is 578 g/mol. The summed E-state index contributed by atoms with van der Waals surface area (Å²) in [5.41, 5.74) is 2.98. The zero-order valence-electron chi connectivity index (χ0n) is 17.3. The van der Waals surface area contributed by atoms with E-state index in [4.69, 9.17) is 0 Å². The number of fused-ring (bicyclic) bond motifs is 2. The number of rotatable bonds is 5. The molecule has 0 unspecified atom stereocenters. The summed E-state index contributed by atoms with van der Waals surface area (Å²) in [7, 11) is 0.355. The molecule has 0 aliphatic carbocycles. The Bertz CT molecular complexity index is 1120. The standard InChI is InChI=1S/C24H23S.6FH.Sb/c1-2-25(17-21-13-7-11-19-9-3-5-15-23(19)21)18-22-14-8-12-20-10-4-6-16-24(20)22;;;;;;;/h3-16H,2,17-18H2,1H3;6*1H;/q+1;;;;;;;+5/p-6. The van der Waals surface area contributed by atoms with E-state index in [1.807, 2.05) is 0 Å². The first-order valence-electron chi connectivity index (χ1n) is 9.94. The quantitative estimate of drug-likeness (QED) is 0.127. The SMILES string of the molecule is CC[S+](Cc1cccc2ccccc12)Cc1cccc2ccccc12.[F][Sb-]([F])([F])([F])([F])[F]. The molecule has 32 heavy (non-hydrogen) atoms. The summed E-state index contributed by atoms with van der Waals surface area (Å²) in [5, 5.41) is 5.53. The Labute approximate surface area is 188 Å². The first-order chi connectivity index (χ1) is 14.8. The summed E-state index contributed by atoms with van der Waals surface area (Å²) >= 11 is -11.2.